The van der Waals surface area contributed by atoms with E-state index in [0.29, 0.717) is 25.2 Å². The molecule has 0 aliphatic carbocycles. The topological polar surface area (TPSA) is 58.1 Å². The molecule has 144 valence electrons. The van der Waals surface area contributed by atoms with Gasteiger partial charge in [-0.3, -0.25) is 14.7 Å². The van der Waals surface area contributed by atoms with Gasteiger partial charge >= 0.3 is 6.18 Å². The Morgan fingerprint density at radius 2 is 1.96 bits per heavy atom. The number of benzene rings is 1. The molecule has 1 aliphatic heterocycles. The molecule has 1 saturated heterocycles. The van der Waals surface area contributed by atoms with Gasteiger partial charge in [0.1, 0.15) is 5.69 Å². The molecule has 1 N–H and O–H groups in total. The van der Waals surface area contributed by atoms with Crippen LogP contribution < -0.4 is 5.32 Å². The van der Waals surface area contributed by atoms with E-state index in [1.165, 1.54) is 18.3 Å². The van der Waals surface area contributed by atoms with E-state index in [0.717, 1.165) is 24.6 Å². The third kappa shape index (κ3) is 5.26. The van der Waals surface area contributed by atoms with Crippen LogP contribution in [0, 0.1) is 6.92 Å². The van der Waals surface area contributed by atoms with Crippen LogP contribution in [0.3, 0.4) is 0 Å². The first kappa shape index (κ1) is 19.3. The first-order valence-electron chi connectivity index (χ1n) is 8.79. The molecular weight excluding hydrogens is 357 g/mol. The number of rotatable bonds is 4. The van der Waals surface area contributed by atoms with Crippen LogP contribution in [-0.4, -0.2) is 39.9 Å². The van der Waals surface area contributed by atoms with Crippen molar-refractivity contribution in [2.45, 2.75) is 38.5 Å². The van der Waals surface area contributed by atoms with Crippen LogP contribution in [-0.2, 0) is 12.7 Å². The van der Waals surface area contributed by atoms with Crippen LogP contribution in [0.4, 0.5) is 13.2 Å². The summed E-state index contributed by atoms with van der Waals surface area (Å²) < 4.78 is 38.5. The van der Waals surface area contributed by atoms with Crippen molar-refractivity contribution in [3.63, 3.8) is 0 Å². The normalized spacial score (nSPS) is 16.3. The molecule has 3 rings (SSSR count). The van der Waals surface area contributed by atoms with Crippen LogP contribution in [0.2, 0.25) is 0 Å². The number of nitrogens with one attached hydrogen (secondary N) is 1. The zero-order valence-electron chi connectivity index (χ0n) is 15.0. The predicted molar refractivity (Wildman–Crippen MR) is 94.0 cm³/mol. The quantitative estimate of drug-likeness (QED) is 0.888. The number of carbonyl (C=O) groups is 1. The van der Waals surface area contributed by atoms with E-state index in [-0.39, 0.29) is 17.6 Å². The molecule has 2 heterocycles. The smallest absolute Gasteiger partial charge is 0.348 e. The first-order valence-corrected chi connectivity index (χ1v) is 8.79. The van der Waals surface area contributed by atoms with Gasteiger partial charge < -0.3 is 5.32 Å². The summed E-state index contributed by atoms with van der Waals surface area (Å²) >= 11 is 0. The number of carbonyl (C=O) groups excluding carboxylic acids is 1. The molecule has 0 radical (unpaired) electrons. The van der Waals surface area contributed by atoms with Gasteiger partial charge in [-0.25, -0.2) is 4.98 Å². The maximum Gasteiger partial charge on any atom is 0.416 e. The third-order valence-corrected chi connectivity index (χ3v) is 4.60. The Bertz CT molecular complexity index is 784. The van der Waals surface area contributed by atoms with Gasteiger partial charge in [-0.05, 0) is 31.4 Å². The Balaban J connectivity index is 1.50. The van der Waals surface area contributed by atoms with Crippen molar-refractivity contribution in [1.29, 1.82) is 0 Å². The monoisotopic (exact) mass is 378 g/mol. The second-order valence-corrected chi connectivity index (χ2v) is 6.77. The number of nitrogens with zero attached hydrogens (tertiary/aromatic N) is 3. The molecule has 5 nitrogen and oxygen atoms in total. The van der Waals surface area contributed by atoms with Crippen molar-refractivity contribution < 1.29 is 18.0 Å². The van der Waals surface area contributed by atoms with E-state index < -0.39 is 11.7 Å². The summed E-state index contributed by atoms with van der Waals surface area (Å²) in [4.78, 5) is 22.4. The van der Waals surface area contributed by atoms with Crippen molar-refractivity contribution >= 4 is 5.91 Å². The Labute approximate surface area is 155 Å². The lowest BCUT2D eigenvalue weighted by Gasteiger charge is -2.32. The number of aryl methyl sites for hydroxylation is 1. The predicted octanol–water partition coefficient (Wildman–Crippen LogP) is 3.20. The van der Waals surface area contributed by atoms with Crippen LogP contribution in [0.5, 0.6) is 0 Å². The lowest BCUT2D eigenvalue weighted by atomic mass is 10.0. The number of hydrogen-bond donors (Lipinski definition) is 1. The Hall–Kier alpha value is -2.48. The maximum absolute atomic E-state index is 12.8. The number of likely N-dealkylation sites (tertiary alicyclic amines) is 1. The fraction of sp³-hybridized carbons (Fsp3) is 0.421. The molecule has 1 amide bonds. The van der Waals surface area contributed by atoms with Gasteiger partial charge in [-0.2, -0.15) is 13.2 Å². The summed E-state index contributed by atoms with van der Waals surface area (Å²) in [7, 11) is 0. The van der Waals surface area contributed by atoms with E-state index in [1.54, 1.807) is 19.2 Å². The molecule has 0 bridgehead atoms. The number of aromatic nitrogens is 2. The van der Waals surface area contributed by atoms with Crippen molar-refractivity contribution in [2.75, 3.05) is 13.1 Å². The third-order valence-electron chi connectivity index (χ3n) is 4.60. The summed E-state index contributed by atoms with van der Waals surface area (Å²) in [6.07, 6.45) is 0.153. The summed E-state index contributed by atoms with van der Waals surface area (Å²) in [6.45, 7) is 3.68. The van der Waals surface area contributed by atoms with Gasteiger partial charge in [-0.15, -0.1) is 0 Å². The molecule has 1 fully saturated rings. The minimum absolute atomic E-state index is 0.0263. The lowest BCUT2D eigenvalue weighted by molar-refractivity contribution is -0.137. The number of amides is 1. The van der Waals surface area contributed by atoms with Crippen molar-refractivity contribution in [3.8, 4) is 0 Å². The average molecular weight is 378 g/mol. The van der Waals surface area contributed by atoms with Gasteiger partial charge in [0.15, 0.2) is 0 Å². The molecule has 1 aliphatic rings. The van der Waals surface area contributed by atoms with Gasteiger partial charge in [-0.1, -0.05) is 18.2 Å². The number of piperidine rings is 1. The highest BCUT2D eigenvalue weighted by atomic mass is 19.4. The molecule has 8 heteroatoms. The maximum atomic E-state index is 12.8. The minimum Gasteiger partial charge on any atom is -0.348 e. The second-order valence-electron chi connectivity index (χ2n) is 6.77. The molecule has 1 aromatic heterocycles. The van der Waals surface area contributed by atoms with E-state index in [4.69, 9.17) is 0 Å². The largest absolute Gasteiger partial charge is 0.416 e. The average Bonchev–Trinajstić information content (AvgIpc) is 2.63. The summed E-state index contributed by atoms with van der Waals surface area (Å²) in [5.41, 5.74) is 1.05. The van der Waals surface area contributed by atoms with Crippen LogP contribution in [0.1, 0.15) is 40.2 Å². The molecule has 0 unspecified atom stereocenters. The van der Waals surface area contributed by atoms with Gasteiger partial charge in [0.25, 0.3) is 5.91 Å². The van der Waals surface area contributed by atoms with Crippen LogP contribution in [0.25, 0.3) is 0 Å². The number of alkyl halides is 3. The van der Waals surface area contributed by atoms with Gasteiger partial charge in [0.05, 0.1) is 17.5 Å². The fourth-order valence-electron chi connectivity index (χ4n) is 3.11. The standard InChI is InChI=1S/C19H21F3N4O/c1-13-10-24-17(11-23-13)18(27)25-16-5-7-26(8-6-16)12-14-3-2-4-15(9-14)19(20,21)22/h2-4,9-11,16H,5-8,12H2,1H3,(H,25,27). The van der Waals surface area contributed by atoms with E-state index in [2.05, 4.69) is 20.2 Å². The van der Waals surface area contributed by atoms with Crippen LogP contribution in [0.15, 0.2) is 36.7 Å². The second kappa shape index (κ2) is 8.04. The van der Waals surface area contributed by atoms with Crippen molar-refractivity contribution in [2.24, 2.45) is 0 Å². The fourth-order valence-corrected chi connectivity index (χ4v) is 3.11. The first-order chi connectivity index (χ1) is 12.8. The Morgan fingerprint density at radius 1 is 1.22 bits per heavy atom. The zero-order valence-corrected chi connectivity index (χ0v) is 15.0. The highest BCUT2D eigenvalue weighted by Crippen LogP contribution is 2.30. The molecule has 0 atom stereocenters. The lowest BCUT2D eigenvalue weighted by Crippen LogP contribution is -2.44. The Morgan fingerprint density at radius 3 is 2.59 bits per heavy atom. The molecule has 0 spiro atoms. The zero-order chi connectivity index (χ0) is 19.4. The number of hydrogen-bond acceptors (Lipinski definition) is 4. The van der Waals surface area contributed by atoms with Crippen LogP contribution >= 0.6 is 0 Å². The molecule has 2 aromatic rings. The Kier molecular flexibility index (Phi) is 5.74. The molecular formula is C19H21F3N4O. The highest BCUT2D eigenvalue weighted by Gasteiger charge is 2.30. The van der Waals surface area contributed by atoms with E-state index in [9.17, 15) is 18.0 Å². The van der Waals surface area contributed by atoms with Gasteiger partial charge in [0.2, 0.25) is 0 Å². The SMILES string of the molecule is Cc1cnc(C(=O)NC2CCN(Cc3cccc(C(F)(F)F)c3)CC2)cn1. The minimum atomic E-state index is -4.33. The highest BCUT2D eigenvalue weighted by molar-refractivity contribution is 5.92. The molecule has 0 saturated carbocycles. The molecule has 1 aromatic carbocycles. The summed E-state index contributed by atoms with van der Waals surface area (Å²) in [6, 6.07) is 5.45. The molecule has 27 heavy (non-hydrogen) atoms. The van der Waals surface area contributed by atoms with E-state index in [1.807, 2.05) is 0 Å². The van der Waals surface area contributed by atoms with Crippen molar-refractivity contribution in [1.82, 2.24) is 20.2 Å². The van der Waals surface area contributed by atoms with Gasteiger partial charge in [0, 0.05) is 31.9 Å². The van der Waals surface area contributed by atoms with Crippen molar-refractivity contribution in [3.05, 3.63) is 59.2 Å². The number of halogens is 3. The summed E-state index contributed by atoms with van der Waals surface area (Å²) in [5.74, 6) is -0.251. The van der Waals surface area contributed by atoms with E-state index >= 15 is 0 Å². The summed E-state index contributed by atoms with van der Waals surface area (Å²) in [5, 5.41) is 2.95.